The van der Waals surface area contributed by atoms with Gasteiger partial charge in [0.2, 0.25) is 0 Å². The number of ether oxygens (including phenoxy) is 2. The Morgan fingerprint density at radius 3 is 2.75 bits per heavy atom. The van der Waals surface area contributed by atoms with Crippen LogP contribution in [0.15, 0.2) is 62.8 Å². The quantitative estimate of drug-likeness (QED) is 0.522. The van der Waals surface area contributed by atoms with Crippen LogP contribution in [0.3, 0.4) is 0 Å². The first-order valence-corrected chi connectivity index (χ1v) is 11.6. The number of carbonyl (C=O) groups is 1. The van der Waals surface area contributed by atoms with Crippen LogP contribution in [-0.2, 0) is 9.53 Å². The molecule has 1 atom stereocenters. The van der Waals surface area contributed by atoms with E-state index in [0.29, 0.717) is 26.4 Å². The Hall–Kier alpha value is -3.48. The molecular weight excluding hydrogens is 446 g/mol. The van der Waals surface area contributed by atoms with E-state index >= 15 is 0 Å². The molecule has 1 aromatic carbocycles. The van der Waals surface area contributed by atoms with Gasteiger partial charge >= 0.3 is 5.97 Å². The van der Waals surface area contributed by atoms with Crippen molar-refractivity contribution in [2.45, 2.75) is 19.9 Å². The smallest absolute Gasteiger partial charge is 0.338 e. The Labute approximate surface area is 191 Å². The summed E-state index contributed by atoms with van der Waals surface area (Å²) in [6.45, 7) is 3.73. The zero-order valence-corrected chi connectivity index (χ0v) is 19.0. The number of hydrogen-bond donors (Lipinski definition) is 0. The van der Waals surface area contributed by atoms with Crippen molar-refractivity contribution in [3.05, 3.63) is 83.2 Å². The van der Waals surface area contributed by atoms with E-state index < -0.39 is 12.0 Å². The fourth-order valence-electron chi connectivity index (χ4n) is 3.43. The molecule has 1 aliphatic rings. The molecule has 0 radical (unpaired) electrons. The Bertz CT molecular complexity index is 1390. The SMILES string of the molecule is CCOC(=O)C1=C(C)N=c2s/c(=C\c3ccc(OCC#N)cc3)c(=O)n2[C@@H]1c1cccs1. The molecule has 2 aromatic heterocycles. The van der Waals surface area contributed by atoms with E-state index in [1.165, 1.54) is 22.7 Å². The van der Waals surface area contributed by atoms with E-state index in [9.17, 15) is 9.59 Å². The first-order chi connectivity index (χ1) is 15.5. The molecule has 3 aromatic rings. The van der Waals surface area contributed by atoms with Crippen LogP contribution in [0.5, 0.6) is 5.75 Å². The monoisotopic (exact) mass is 465 g/mol. The summed E-state index contributed by atoms with van der Waals surface area (Å²) < 4.78 is 12.6. The van der Waals surface area contributed by atoms with Crippen molar-refractivity contribution in [2.24, 2.45) is 4.99 Å². The van der Waals surface area contributed by atoms with E-state index in [1.54, 1.807) is 36.6 Å². The molecule has 0 aliphatic carbocycles. The number of aromatic nitrogens is 1. The van der Waals surface area contributed by atoms with E-state index in [1.807, 2.05) is 35.7 Å². The Kier molecular flexibility index (Phi) is 6.35. The van der Waals surface area contributed by atoms with Crippen molar-refractivity contribution in [2.75, 3.05) is 13.2 Å². The molecule has 0 spiro atoms. The number of fused-ring (bicyclic) bond motifs is 1. The molecule has 0 saturated carbocycles. The Morgan fingerprint density at radius 2 is 2.09 bits per heavy atom. The third kappa shape index (κ3) is 4.15. The van der Waals surface area contributed by atoms with Crippen LogP contribution in [0.2, 0.25) is 0 Å². The minimum atomic E-state index is -0.575. The number of thiazole rings is 1. The van der Waals surface area contributed by atoms with Crippen molar-refractivity contribution in [1.82, 2.24) is 4.57 Å². The van der Waals surface area contributed by atoms with Crippen LogP contribution in [0, 0.1) is 11.3 Å². The topological polar surface area (TPSA) is 93.7 Å². The lowest BCUT2D eigenvalue weighted by Crippen LogP contribution is -2.39. The van der Waals surface area contributed by atoms with Gasteiger partial charge in [-0.1, -0.05) is 29.5 Å². The Balaban J connectivity index is 1.82. The maximum Gasteiger partial charge on any atom is 0.338 e. The van der Waals surface area contributed by atoms with Gasteiger partial charge in [0.1, 0.15) is 17.9 Å². The number of rotatable bonds is 6. The van der Waals surface area contributed by atoms with Gasteiger partial charge in [-0.3, -0.25) is 9.36 Å². The van der Waals surface area contributed by atoms with Crippen LogP contribution in [0.25, 0.3) is 6.08 Å². The van der Waals surface area contributed by atoms with E-state index in [2.05, 4.69) is 4.99 Å². The number of thiophene rings is 1. The minimum absolute atomic E-state index is 0.0250. The second-order valence-corrected chi connectivity index (χ2v) is 8.82. The van der Waals surface area contributed by atoms with Crippen LogP contribution in [-0.4, -0.2) is 23.8 Å². The highest BCUT2D eigenvalue weighted by molar-refractivity contribution is 7.10. The van der Waals surface area contributed by atoms with Crippen molar-refractivity contribution in [1.29, 1.82) is 5.26 Å². The van der Waals surface area contributed by atoms with Gasteiger partial charge in [-0.2, -0.15) is 5.26 Å². The first-order valence-electron chi connectivity index (χ1n) is 9.86. The highest BCUT2D eigenvalue weighted by Crippen LogP contribution is 2.33. The van der Waals surface area contributed by atoms with Crippen molar-refractivity contribution in [3.8, 4) is 11.8 Å². The van der Waals surface area contributed by atoms with Gasteiger partial charge in [-0.05, 0) is 49.1 Å². The number of allylic oxidation sites excluding steroid dienone is 1. The molecule has 7 nitrogen and oxygen atoms in total. The summed E-state index contributed by atoms with van der Waals surface area (Å²) in [7, 11) is 0. The normalized spacial score (nSPS) is 15.7. The highest BCUT2D eigenvalue weighted by atomic mass is 32.1. The van der Waals surface area contributed by atoms with Crippen molar-refractivity contribution < 1.29 is 14.3 Å². The van der Waals surface area contributed by atoms with E-state index in [0.717, 1.165) is 10.4 Å². The van der Waals surface area contributed by atoms with Gasteiger partial charge in [0, 0.05) is 4.88 Å². The summed E-state index contributed by atoms with van der Waals surface area (Å²) in [6.07, 6.45) is 1.78. The average Bonchev–Trinajstić information content (AvgIpc) is 3.41. The zero-order valence-electron chi connectivity index (χ0n) is 17.4. The summed E-state index contributed by atoms with van der Waals surface area (Å²) in [4.78, 5) is 32.1. The van der Waals surface area contributed by atoms with Gasteiger partial charge in [0.05, 0.1) is 22.4 Å². The van der Waals surface area contributed by atoms with Gasteiger partial charge in [0.25, 0.3) is 5.56 Å². The van der Waals surface area contributed by atoms with Gasteiger partial charge in [-0.15, -0.1) is 11.3 Å². The summed E-state index contributed by atoms with van der Waals surface area (Å²) in [6, 6.07) is 12.3. The molecule has 0 unspecified atom stereocenters. The number of esters is 1. The third-order valence-corrected chi connectivity index (χ3v) is 6.72. The zero-order chi connectivity index (χ0) is 22.7. The maximum atomic E-state index is 13.4. The second kappa shape index (κ2) is 9.34. The molecule has 0 saturated heterocycles. The van der Waals surface area contributed by atoms with Crippen molar-refractivity contribution >= 4 is 34.7 Å². The molecular formula is C23H19N3O4S2. The number of nitriles is 1. The summed E-state index contributed by atoms with van der Waals surface area (Å²) in [5, 5.41) is 10.5. The number of hydrogen-bond acceptors (Lipinski definition) is 8. The summed E-state index contributed by atoms with van der Waals surface area (Å²) in [5.74, 6) is 0.118. The Morgan fingerprint density at radius 1 is 1.31 bits per heavy atom. The molecule has 1 aliphatic heterocycles. The van der Waals surface area contributed by atoms with Gasteiger partial charge < -0.3 is 9.47 Å². The first kappa shape index (κ1) is 21.7. The fourth-order valence-corrected chi connectivity index (χ4v) is 5.30. The third-order valence-electron chi connectivity index (χ3n) is 4.81. The lowest BCUT2D eigenvalue weighted by Gasteiger charge is -2.23. The van der Waals surface area contributed by atoms with E-state index in [-0.39, 0.29) is 18.8 Å². The average molecular weight is 466 g/mol. The predicted molar refractivity (Wildman–Crippen MR) is 122 cm³/mol. The number of benzene rings is 1. The number of nitrogens with zero attached hydrogens (tertiary/aromatic N) is 3. The maximum absolute atomic E-state index is 13.4. The summed E-state index contributed by atoms with van der Waals surface area (Å²) >= 11 is 2.76. The lowest BCUT2D eigenvalue weighted by atomic mass is 10.0. The molecule has 0 N–H and O–H groups in total. The molecule has 32 heavy (non-hydrogen) atoms. The standard InChI is InChI=1S/C23H19N3O4S2/c1-3-29-22(28)19-14(2)25-23-26(20(19)17-5-4-12-31-17)21(27)18(32-23)13-15-6-8-16(9-7-15)30-11-10-24/h4-9,12-13,20H,3,11H2,1-2H3/b18-13-/t20-/m1/s1. The molecule has 0 bridgehead atoms. The van der Waals surface area contributed by atoms with Crippen LogP contribution in [0.4, 0.5) is 0 Å². The van der Waals surface area contributed by atoms with Crippen LogP contribution >= 0.6 is 22.7 Å². The van der Waals surface area contributed by atoms with E-state index in [4.69, 9.17) is 14.7 Å². The minimum Gasteiger partial charge on any atom is -0.479 e. The molecule has 9 heteroatoms. The fraction of sp³-hybridized carbons (Fsp3) is 0.217. The van der Waals surface area contributed by atoms with Crippen LogP contribution in [0.1, 0.15) is 30.3 Å². The molecule has 4 rings (SSSR count). The molecule has 0 amide bonds. The second-order valence-electron chi connectivity index (χ2n) is 6.83. The summed E-state index contributed by atoms with van der Waals surface area (Å²) in [5.41, 5.74) is 1.53. The number of carbonyl (C=O) groups excluding carboxylic acids is 1. The van der Waals surface area contributed by atoms with Crippen LogP contribution < -0.4 is 19.6 Å². The molecule has 3 heterocycles. The molecule has 162 valence electrons. The predicted octanol–water partition coefficient (Wildman–Crippen LogP) is 2.76. The van der Waals surface area contributed by atoms with Gasteiger partial charge in [0.15, 0.2) is 11.4 Å². The van der Waals surface area contributed by atoms with Crippen molar-refractivity contribution in [3.63, 3.8) is 0 Å². The largest absolute Gasteiger partial charge is 0.479 e. The molecule has 0 fully saturated rings. The highest BCUT2D eigenvalue weighted by Gasteiger charge is 2.33. The van der Waals surface area contributed by atoms with Gasteiger partial charge in [-0.25, -0.2) is 9.79 Å². The lowest BCUT2D eigenvalue weighted by molar-refractivity contribution is -0.139.